The number of carbonyl (C=O) groups is 1. The molecule has 0 saturated heterocycles. The molecule has 0 N–H and O–H groups in total. The highest BCUT2D eigenvalue weighted by Crippen LogP contribution is 2.28. The first kappa shape index (κ1) is 11.2. The van der Waals surface area contributed by atoms with E-state index in [1.165, 1.54) is 0 Å². The molecule has 2 nitrogen and oxygen atoms in total. The van der Waals surface area contributed by atoms with Crippen molar-refractivity contribution in [2.24, 2.45) is 5.92 Å². The highest BCUT2D eigenvalue weighted by atomic mass is 19.1. The number of carbonyl (C=O) groups excluding carboxylic acids is 1. The van der Waals surface area contributed by atoms with Crippen molar-refractivity contribution in [1.29, 1.82) is 0 Å². The molecule has 2 rings (SSSR count). The summed E-state index contributed by atoms with van der Waals surface area (Å²) in [6, 6.07) is 2.83. The van der Waals surface area contributed by atoms with E-state index >= 15 is 0 Å². The summed E-state index contributed by atoms with van der Waals surface area (Å²) < 4.78 is 31.1. The Bertz CT molecular complexity index is 400. The van der Waals surface area contributed by atoms with Gasteiger partial charge in [0.15, 0.2) is 5.78 Å². The molecule has 0 amide bonds. The summed E-state index contributed by atoms with van der Waals surface area (Å²) >= 11 is 0. The van der Waals surface area contributed by atoms with E-state index in [1.54, 1.807) is 0 Å². The van der Waals surface area contributed by atoms with Gasteiger partial charge in [-0.25, -0.2) is 8.78 Å². The molecule has 1 fully saturated rings. The van der Waals surface area contributed by atoms with Gasteiger partial charge in [-0.15, -0.1) is 0 Å². The molecule has 1 aromatic carbocycles. The van der Waals surface area contributed by atoms with Gasteiger partial charge in [0.25, 0.3) is 0 Å². The number of rotatable bonds is 5. The summed E-state index contributed by atoms with van der Waals surface area (Å²) in [7, 11) is 0. The normalized spacial score (nSPS) is 15.1. The van der Waals surface area contributed by atoms with E-state index in [1.807, 2.05) is 0 Å². The highest BCUT2D eigenvalue weighted by Gasteiger charge is 2.22. The lowest BCUT2D eigenvalue weighted by Gasteiger charge is -2.04. The molecule has 0 aromatic heterocycles. The van der Waals surface area contributed by atoms with Crippen molar-refractivity contribution in [3.05, 3.63) is 35.4 Å². The van der Waals surface area contributed by atoms with Gasteiger partial charge in [0, 0.05) is 0 Å². The largest absolute Gasteiger partial charge is 0.373 e. The SMILES string of the molecule is O=C(COCC1CC1)c1cc(F)ccc1F. The first-order chi connectivity index (χ1) is 7.66. The fourth-order valence-electron chi connectivity index (χ4n) is 1.39. The predicted octanol–water partition coefficient (Wildman–Crippen LogP) is 2.57. The van der Waals surface area contributed by atoms with E-state index in [4.69, 9.17) is 4.74 Å². The molecule has 0 aliphatic heterocycles. The van der Waals surface area contributed by atoms with Gasteiger partial charge in [-0.05, 0) is 37.0 Å². The van der Waals surface area contributed by atoms with E-state index in [-0.39, 0.29) is 12.2 Å². The smallest absolute Gasteiger partial charge is 0.191 e. The van der Waals surface area contributed by atoms with Crippen molar-refractivity contribution in [1.82, 2.24) is 0 Å². The lowest BCUT2D eigenvalue weighted by molar-refractivity contribution is 0.0735. The molecule has 0 radical (unpaired) electrons. The average molecular weight is 226 g/mol. The average Bonchev–Trinajstić information content (AvgIpc) is 3.05. The minimum atomic E-state index is -0.707. The van der Waals surface area contributed by atoms with Crippen molar-refractivity contribution in [2.75, 3.05) is 13.2 Å². The van der Waals surface area contributed by atoms with Crippen LogP contribution in [0.3, 0.4) is 0 Å². The van der Waals surface area contributed by atoms with Crippen LogP contribution < -0.4 is 0 Å². The Morgan fingerprint density at radius 2 is 2.12 bits per heavy atom. The van der Waals surface area contributed by atoms with Crippen LogP contribution >= 0.6 is 0 Å². The van der Waals surface area contributed by atoms with Crippen LogP contribution in [-0.2, 0) is 4.74 Å². The van der Waals surface area contributed by atoms with Crippen LogP contribution in [0.25, 0.3) is 0 Å². The van der Waals surface area contributed by atoms with Crippen molar-refractivity contribution in [2.45, 2.75) is 12.8 Å². The second kappa shape index (κ2) is 4.70. The number of Topliss-reactive ketones (excluding diaryl/α,β-unsaturated/α-hetero) is 1. The number of ether oxygens (including phenoxy) is 1. The third-order valence-electron chi connectivity index (χ3n) is 2.51. The van der Waals surface area contributed by atoms with Crippen LogP contribution in [0.2, 0.25) is 0 Å². The molecule has 1 saturated carbocycles. The highest BCUT2D eigenvalue weighted by molar-refractivity contribution is 5.97. The van der Waals surface area contributed by atoms with E-state index in [0.29, 0.717) is 12.5 Å². The van der Waals surface area contributed by atoms with Crippen molar-refractivity contribution >= 4 is 5.78 Å². The maximum atomic E-state index is 13.2. The van der Waals surface area contributed by atoms with Gasteiger partial charge in [0.05, 0.1) is 12.2 Å². The Balaban J connectivity index is 1.93. The minimum Gasteiger partial charge on any atom is -0.373 e. The minimum absolute atomic E-state index is 0.184. The quantitative estimate of drug-likeness (QED) is 0.721. The molecular weight excluding hydrogens is 214 g/mol. The molecule has 0 heterocycles. The summed E-state index contributed by atoms with van der Waals surface area (Å²) in [4.78, 5) is 11.5. The van der Waals surface area contributed by atoms with Crippen LogP contribution in [0.1, 0.15) is 23.2 Å². The monoisotopic (exact) mass is 226 g/mol. The summed E-state index contributed by atoms with van der Waals surface area (Å²) in [5.74, 6) is -1.30. The van der Waals surface area contributed by atoms with Gasteiger partial charge < -0.3 is 4.74 Å². The van der Waals surface area contributed by atoms with Crippen LogP contribution in [0.4, 0.5) is 8.78 Å². The fraction of sp³-hybridized carbons (Fsp3) is 0.417. The van der Waals surface area contributed by atoms with Crippen LogP contribution in [0, 0.1) is 17.6 Å². The standard InChI is InChI=1S/C12H12F2O2/c13-9-3-4-11(14)10(5-9)12(15)7-16-6-8-1-2-8/h3-5,8H,1-2,6-7H2. The molecule has 4 heteroatoms. The van der Waals surface area contributed by atoms with Crippen molar-refractivity contribution in [3.63, 3.8) is 0 Å². The maximum Gasteiger partial charge on any atom is 0.191 e. The first-order valence-electron chi connectivity index (χ1n) is 5.23. The van der Waals surface area contributed by atoms with Crippen LogP contribution in [0.15, 0.2) is 18.2 Å². The number of hydrogen-bond donors (Lipinski definition) is 0. The van der Waals surface area contributed by atoms with Crippen LogP contribution in [-0.4, -0.2) is 19.0 Å². The summed E-state index contributed by atoms with van der Waals surface area (Å²) in [5.41, 5.74) is -0.240. The Labute approximate surface area is 92.2 Å². The van der Waals surface area contributed by atoms with E-state index < -0.39 is 17.4 Å². The third-order valence-corrected chi connectivity index (χ3v) is 2.51. The lowest BCUT2D eigenvalue weighted by atomic mass is 10.1. The van der Waals surface area contributed by atoms with Gasteiger partial charge in [-0.3, -0.25) is 4.79 Å². The number of benzene rings is 1. The lowest BCUT2D eigenvalue weighted by Crippen LogP contribution is -2.12. The first-order valence-corrected chi connectivity index (χ1v) is 5.23. The predicted molar refractivity (Wildman–Crippen MR) is 54.2 cm³/mol. The number of halogens is 2. The Morgan fingerprint density at radius 3 is 2.81 bits per heavy atom. The Kier molecular flexibility index (Phi) is 3.29. The van der Waals surface area contributed by atoms with E-state index in [0.717, 1.165) is 31.0 Å². The second-order valence-corrected chi connectivity index (χ2v) is 4.01. The maximum absolute atomic E-state index is 13.2. The Morgan fingerprint density at radius 1 is 1.38 bits per heavy atom. The zero-order valence-electron chi connectivity index (χ0n) is 8.71. The van der Waals surface area contributed by atoms with Crippen molar-refractivity contribution < 1.29 is 18.3 Å². The van der Waals surface area contributed by atoms with Gasteiger partial charge in [-0.2, -0.15) is 0 Å². The zero-order valence-corrected chi connectivity index (χ0v) is 8.71. The van der Waals surface area contributed by atoms with Crippen molar-refractivity contribution in [3.8, 4) is 0 Å². The summed E-state index contributed by atoms with van der Waals surface area (Å²) in [5, 5.41) is 0. The van der Waals surface area contributed by atoms with Crippen LogP contribution in [0.5, 0.6) is 0 Å². The molecule has 1 aliphatic rings. The topological polar surface area (TPSA) is 26.3 Å². The Hall–Kier alpha value is -1.29. The molecule has 1 aromatic rings. The number of hydrogen-bond acceptors (Lipinski definition) is 2. The van der Waals surface area contributed by atoms with E-state index in [9.17, 15) is 13.6 Å². The third kappa shape index (κ3) is 2.85. The molecular formula is C12H12F2O2. The second-order valence-electron chi connectivity index (χ2n) is 4.01. The van der Waals surface area contributed by atoms with Gasteiger partial charge >= 0.3 is 0 Å². The summed E-state index contributed by atoms with van der Waals surface area (Å²) in [6.07, 6.45) is 2.25. The molecule has 0 bridgehead atoms. The fourth-order valence-corrected chi connectivity index (χ4v) is 1.39. The zero-order chi connectivity index (χ0) is 11.5. The van der Waals surface area contributed by atoms with Gasteiger partial charge in [0.2, 0.25) is 0 Å². The molecule has 16 heavy (non-hydrogen) atoms. The molecule has 86 valence electrons. The molecule has 0 spiro atoms. The molecule has 1 aliphatic carbocycles. The number of ketones is 1. The molecule has 0 atom stereocenters. The van der Waals surface area contributed by atoms with Gasteiger partial charge in [-0.1, -0.05) is 0 Å². The molecule has 0 unspecified atom stereocenters. The van der Waals surface area contributed by atoms with E-state index in [2.05, 4.69) is 0 Å². The summed E-state index contributed by atoms with van der Waals surface area (Å²) in [6.45, 7) is 0.347. The van der Waals surface area contributed by atoms with Gasteiger partial charge in [0.1, 0.15) is 18.2 Å².